The standard InChI is InChI=1S/C11H14N2O/c1-12-7-3-2-4-11-6-5-10(9-14)8-13-11/h2,4-6,8-9,12H,3,7H2,1H3. The summed E-state index contributed by atoms with van der Waals surface area (Å²) in [6.45, 7) is 0.961. The summed E-state index contributed by atoms with van der Waals surface area (Å²) >= 11 is 0. The average Bonchev–Trinajstić information content (AvgIpc) is 2.25. The molecule has 0 aliphatic rings. The highest BCUT2D eigenvalue weighted by Gasteiger charge is 1.90. The Morgan fingerprint density at radius 1 is 1.50 bits per heavy atom. The summed E-state index contributed by atoms with van der Waals surface area (Å²) in [5.74, 6) is 0. The van der Waals surface area contributed by atoms with Crippen LogP contribution in [0.25, 0.3) is 6.08 Å². The second-order valence-electron chi connectivity index (χ2n) is 2.93. The lowest BCUT2D eigenvalue weighted by atomic mass is 10.2. The van der Waals surface area contributed by atoms with Crippen LogP contribution in [0, 0.1) is 0 Å². The smallest absolute Gasteiger partial charge is 0.151 e. The summed E-state index contributed by atoms with van der Waals surface area (Å²) in [5.41, 5.74) is 1.49. The molecule has 1 heterocycles. The fourth-order valence-corrected chi connectivity index (χ4v) is 1.02. The van der Waals surface area contributed by atoms with E-state index in [1.54, 1.807) is 12.3 Å². The average molecular weight is 190 g/mol. The Kier molecular flexibility index (Phi) is 4.58. The van der Waals surface area contributed by atoms with Crippen LogP contribution in [0.3, 0.4) is 0 Å². The van der Waals surface area contributed by atoms with Crippen molar-refractivity contribution in [1.29, 1.82) is 0 Å². The zero-order valence-electron chi connectivity index (χ0n) is 8.23. The van der Waals surface area contributed by atoms with Crippen molar-refractivity contribution in [2.75, 3.05) is 13.6 Å². The van der Waals surface area contributed by atoms with Crippen LogP contribution in [-0.2, 0) is 0 Å². The predicted molar refractivity (Wildman–Crippen MR) is 57.2 cm³/mol. The van der Waals surface area contributed by atoms with Crippen molar-refractivity contribution in [2.45, 2.75) is 6.42 Å². The van der Waals surface area contributed by atoms with Crippen molar-refractivity contribution < 1.29 is 4.79 Å². The van der Waals surface area contributed by atoms with Crippen LogP contribution in [0.15, 0.2) is 24.4 Å². The SMILES string of the molecule is CNCCC=Cc1ccc(C=O)cn1. The molecule has 0 fully saturated rings. The van der Waals surface area contributed by atoms with Crippen molar-refractivity contribution >= 4 is 12.4 Å². The lowest BCUT2D eigenvalue weighted by Gasteiger charge is -1.94. The second kappa shape index (κ2) is 6.05. The fraction of sp³-hybridized carbons (Fsp3) is 0.273. The van der Waals surface area contributed by atoms with Gasteiger partial charge in [-0.15, -0.1) is 0 Å². The lowest BCUT2D eigenvalue weighted by molar-refractivity contribution is 0.112. The van der Waals surface area contributed by atoms with Gasteiger partial charge in [0.25, 0.3) is 0 Å². The van der Waals surface area contributed by atoms with Gasteiger partial charge in [-0.3, -0.25) is 9.78 Å². The third-order valence-electron chi connectivity index (χ3n) is 1.79. The van der Waals surface area contributed by atoms with E-state index in [1.807, 2.05) is 19.2 Å². The number of hydrogen-bond donors (Lipinski definition) is 1. The van der Waals surface area contributed by atoms with Crippen LogP contribution in [-0.4, -0.2) is 24.9 Å². The highest BCUT2D eigenvalue weighted by atomic mass is 16.1. The first-order chi connectivity index (χ1) is 6.86. The zero-order chi connectivity index (χ0) is 10.2. The third kappa shape index (κ3) is 3.49. The number of aromatic nitrogens is 1. The summed E-state index contributed by atoms with van der Waals surface area (Å²) in [5, 5.41) is 3.05. The molecule has 0 saturated heterocycles. The fourth-order valence-electron chi connectivity index (χ4n) is 1.02. The Morgan fingerprint density at radius 2 is 2.36 bits per heavy atom. The number of carbonyl (C=O) groups excluding carboxylic acids is 1. The van der Waals surface area contributed by atoms with Crippen molar-refractivity contribution in [3.05, 3.63) is 35.7 Å². The number of carbonyl (C=O) groups is 1. The summed E-state index contributed by atoms with van der Waals surface area (Å²) in [4.78, 5) is 14.5. The van der Waals surface area contributed by atoms with Gasteiger partial charge in [0.2, 0.25) is 0 Å². The molecule has 14 heavy (non-hydrogen) atoms. The van der Waals surface area contributed by atoms with E-state index >= 15 is 0 Å². The Morgan fingerprint density at radius 3 is 2.93 bits per heavy atom. The first kappa shape index (κ1) is 10.6. The number of hydrogen-bond acceptors (Lipinski definition) is 3. The molecule has 1 aromatic rings. The number of nitrogens with one attached hydrogen (secondary N) is 1. The van der Waals surface area contributed by atoms with Crippen LogP contribution < -0.4 is 5.32 Å². The van der Waals surface area contributed by atoms with E-state index in [-0.39, 0.29) is 0 Å². The molecule has 0 aliphatic heterocycles. The maximum absolute atomic E-state index is 10.4. The summed E-state index contributed by atoms with van der Waals surface area (Å²) in [6.07, 6.45) is 7.35. The van der Waals surface area contributed by atoms with E-state index in [0.717, 1.165) is 24.9 Å². The third-order valence-corrected chi connectivity index (χ3v) is 1.79. The molecule has 0 aliphatic carbocycles. The molecule has 0 bridgehead atoms. The highest BCUT2D eigenvalue weighted by Crippen LogP contribution is 2.00. The molecule has 0 atom stereocenters. The minimum atomic E-state index is 0.609. The van der Waals surface area contributed by atoms with Crippen molar-refractivity contribution in [2.24, 2.45) is 0 Å². The molecule has 0 unspecified atom stereocenters. The first-order valence-corrected chi connectivity index (χ1v) is 4.59. The van der Waals surface area contributed by atoms with Crippen molar-refractivity contribution in [3.8, 4) is 0 Å². The molecule has 0 saturated carbocycles. The van der Waals surface area contributed by atoms with Gasteiger partial charge in [-0.1, -0.05) is 6.08 Å². The Hall–Kier alpha value is -1.48. The quantitative estimate of drug-likeness (QED) is 0.565. The molecule has 0 aromatic carbocycles. The molecule has 3 nitrogen and oxygen atoms in total. The zero-order valence-corrected chi connectivity index (χ0v) is 8.23. The van der Waals surface area contributed by atoms with E-state index in [0.29, 0.717) is 5.56 Å². The van der Waals surface area contributed by atoms with E-state index in [2.05, 4.69) is 16.4 Å². The second-order valence-corrected chi connectivity index (χ2v) is 2.93. The molecule has 0 amide bonds. The molecular formula is C11H14N2O. The Labute approximate surface area is 83.9 Å². The molecule has 0 radical (unpaired) electrons. The summed E-state index contributed by atoms with van der Waals surface area (Å²) in [6, 6.07) is 3.59. The number of rotatable bonds is 5. The van der Waals surface area contributed by atoms with Crippen LogP contribution in [0.5, 0.6) is 0 Å². The summed E-state index contributed by atoms with van der Waals surface area (Å²) < 4.78 is 0. The largest absolute Gasteiger partial charge is 0.319 e. The van der Waals surface area contributed by atoms with Crippen molar-refractivity contribution in [1.82, 2.24) is 10.3 Å². The molecule has 3 heteroatoms. The number of aldehydes is 1. The van der Waals surface area contributed by atoms with Gasteiger partial charge < -0.3 is 5.32 Å². The van der Waals surface area contributed by atoms with Crippen LogP contribution >= 0.6 is 0 Å². The van der Waals surface area contributed by atoms with Gasteiger partial charge in [0.05, 0.1) is 5.69 Å². The Balaban J connectivity index is 2.50. The van der Waals surface area contributed by atoms with Gasteiger partial charge in [0.15, 0.2) is 6.29 Å². The van der Waals surface area contributed by atoms with Crippen LogP contribution in [0.1, 0.15) is 22.5 Å². The predicted octanol–water partition coefficient (Wildman–Crippen LogP) is 1.52. The van der Waals surface area contributed by atoms with E-state index in [1.165, 1.54) is 0 Å². The number of pyridine rings is 1. The van der Waals surface area contributed by atoms with E-state index < -0.39 is 0 Å². The highest BCUT2D eigenvalue weighted by molar-refractivity contribution is 5.74. The summed E-state index contributed by atoms with van der Waals surface area (Å²) in [7, 11) is 1.92. The minimum Gasteiger partial charge on any atom is -0.319 e. The molecule has 74 valence electrons. The lowest BCUT2D eigenvalue weighted by Crippen LogP contribution is -2.05. The maximum atomic E-state index is 10.4. The molecule has 0 spiro atoms. The normalized spacial score (nSPS) is 10.6. The molecule has 1 rings (SSSR count). The van der Waals surface area contributed by atoms with E-state index in [9.17, 15) is 4.79 Å². The minimum absolute atomic E-state index is 0.609. The molecular weight excluding hydrogens is 176 g/mol. The Bertz CT molecular complexity index is 304. The van der Waals surface area contributed by atoms with Crippen LogP contribution in [0.2, 0.25) is 0 Å². The van der Waals surface area contributed by atoms with E-state index in [4.69, 9.17) is 0 Å². The van der Waals surface area contributed by atoms with Gasteiger partial charge in [-0.05, 0) is 38.2 Å². The van der Waals surface area contributed by atoms with Gasteiger partial charge in [-0.25, -0.2) is 0 Å². The topological polar surface area (TPSA) is 42.0 Å². The number of nitrogens with zero attached hydrogens (tertiary/aromatic N) is 1. The van der Waals surface area contributed by atoms with Gasteiger partial charge >= 0.3 is 0 Å². The molecule has 1 aromatic heterocycles. The maximum Gasteiger partial charge on any atom is 0.151 e. The van der Waals surface area contributed by atoms with Gasteiger partial charge in [0.1, 0.15) is 0 Å². The first-order valence-electron chi connectivity index (χ1n) is 4.59. The molecule has 1 N–H and O–H groups in total. The van der Waals surface area contributed by atoms with Gasteiger partial charge in [0, 0.05) is 11.8 Å². The monoisotopic (exact) mass is 190 g/mol. The van der Waals surface area contributed by atoms with Crippen LogP contribution in [0.4, 0.5) is 0 Å². The van der Waals surface area contributed by atoms with Crippen molar-refractivity contribution in [3.63, 3.8) is 0 Å². The van der Waals surface area contributed by atoms with Gasteiger partial charge in [-0.2, -0.15) is 0 Å².